The molecule has 2 aromatic heterocycles. The van der Waals surface area contributed by atoms with Gasteiger partial charge in [-0.3, -0.25) is 0 Å². The Morgan fingerprint density at radius 1 is 0.328 bits per heavy atom. The van der Waals surface area contributed by atoms with E-state index in [9.17, 15) is 0 Å². The third-order valence-electron chi connectivity index (χ3n) is 14.1. The highest BCUT2D eigenvalue weighted by molar-refractivity contribution is 6.31. The fourth-order valence-electron chi connectivity index (χ4n) is 10.6. The molecule has 11 aromatic rings. The second kappa shape index (κ2) is 17.6. The lowest BCUT2D eigenvalue weighted by Crippen LogP contribution is -1.90. The Bertz CT molecular complexity index is 3220. The van der Waals surface area contributed by atoms with Crippen LogP contribution in [0.15, 0.2) is 154 Å². The molecule has 318 valence electrons. The summed E-state index contributed by atoms with van der Waals surface area (Å²) < 4.78 is 14.6. The van der Waals surface area contributed by atoms with E-state index < -0.39 is 0 Å². The standard InChI is InChI=1S/C62H58O2/c1-3-5-7-9-11-13-19-41-25-29-43(30-26-41)57-59-53-37-49-33-45-21-15-17-23-47(45)35-51(49)39-55(53)64-62(59)58(44-31-27-42(28-32-44)20-14-12-10-8-6-4-2)60-54-38-50-34-46-22-16-18-24-48(46)36-52(50)40-56(54)63-61(57)60/h15-18,21-40H,3-14,19-20H2,1-2H3. The summed E-state index contributed by atoms with van der Waals surface area (Å²) in [7, 11) is 0. The Hall–Kier alpha value is -6.38. The van der Waals surface area contributed by atoms with E-state index in [-0.39, 0.29) is 0 Å². The first-order valence-electron chi connectivity index (χ1n) is 24.4. The maximum absolute atomic E-state index is 7.31. The summed E-state index contributed by atoms with van der Waals surface area (Å²) in [6.45, 7) is 4.58. The number of unbranched alkanes of at least 4 members (excludes halogenated alkanes) is 10. The highest BCUT2D eigenvalue weighted by Gasteiger charge is 2.27. The molecule has 0 bridgehead atoms. The van der Waals surface area contributed by atoms with Crippen molar-refractivity contribution < 1.29 is 8.83 Å². The summed E-state index contributed by atoms with van der Waals surface area (Å²) in [6.07, 6.45) is 17.8. The largest absolute Gasteiger partial charge is 0.455 e. The van der Waals surface area contributed by atoms with Crippen LogP contribution in [0.1, 0.15) is 102 Å². The molecule has 0 aliphatic heterocycles. The summed E-state index contributed by atoms with van der Waals surface area (Å²) in [6, 6.07) is 54.6. The number of hydrogen-bond acceptors (Lipinski definition) is 2. The first kappa shape index (κ1) is 40.4. The van der Waals surface area contributed by atoms with Gasteiger partial charge in [-0.2, -0.15) is 0 Å². The molecule has 0 fully saturated rings. The Kier molecular flexibility index (Phi) is 11.1. The van der Waals surface area contributed by atoms with Gasteiger partial charge in [-0.1, -0.05) is 175 Å². The molecule has 11 rings (SSSR count). The Labute approximate surface area is 376 Å². The highest BCUT2D eigenvalue weighted by Crippen LogP contribution is 2.51. The van der Waals surface area contributed by atoms with Gasteiger partial charge in [-0.25, -0.2) is 0 Å². The van der Waals surface area contributed by atoms with Crippen LogP contribution in [0.5, 0.6) is 0 Å². The predicted octanol–water partition coefficient (Wildman–Crippen LogP) is 19.2. The fourth-order valence-corrected chi connectivity index (χ4v) is 10.6. The Morgan fingerprint density at radius 3 is 1.05 bits per heavy atom. The van der Waals surface area contributed by atoms with Gasteiger partial charge in [0, 0.05) is 32.7 Å². The number of aryl methyl sites for hydroxylation is 2. The van der Waals surface area contributed by atoms with Gasteiger partial charge in [0.05, 0.1) is 0 Å². The second-order valence-corrected chi connectivity index (χ2v) is 18.6. The van der Waals surface area contributed by atoms with Gasteiger partial charge in [-0.15, -0.1) is 0 Å². The minimum absolute atomic E-state index is 0.897. The van der Waals surface area contributed by atoms with Crippen molar-refractivity contribution in [1.82, 2.24) is 0 Å². The monoisotopic (exact) mass is 834 g/mol. The zero-order valence-electron chi connectivity index (χ0n) is 37.6. The lowest BCUT2D eigenvalue weighted by atomic mass is 9.89. The first-order valence-corrected chi connectivity index (χ1v) is 24.4. The van der Waals surface area contributed by atoms with Crippen molar-refractivity contribution in [2.45, 2.75) is 104 Å². The van der Waals surface area contributed by atoms with E-state index in [4.69, 9.17) is 8.83 Å². The molecule has 0 aliphatic rings. The van der Waals surface area contributed by atoms with Gasteiger partial charge in [0.25, 0.3) is 0 Å². The second-order valence-electron chi connectivity index (χ2n) is 18.6. The third-order valence-corrected chi connectivity index (χ3v) is 14.1. The SMILES string of the molecule is CCCCCCCCc1ccc(-c2c3oc4cc5cc6ccccc6cc5cc4c3c(-c3ccc(CCCCCCCC)cc3)c3oc4cc5cc6ccccc6cc5cc4c23)cc1. The molecule has 0 aliphatic carbocycles. The maximum Gasteiger partial charge on any atom is 0.144 e. The van der Waals surface area contributed by atoms with E-state index in [1.54, 1.807) is 0 Å². The van der Waals surface area contributed by atoms with Crippen molar-refractivity contribution >= 4 is 87.0 Å². The quantitative estimate of drug-likeness (QED) is 0.0716. The van der Waals surface area contributed by atoms with E-state index >= 15 is 0 Å². The van der Waals surface area contributed by atoms with Crippen LogP contribution in [0.25, 0.3) is 109 Å². The molecular weight excluding hydrogens is 777 g/mol. The van der Waals surface area contributed by atoms with Crippen molar-refractivity contribution in [1.29, 1.82) is 0 Å². The molecule has 0 unspecified atom stereocenters. The summed E-state index contributed by atoms with van der Waals surface area (Å²) in [4.78, 5) is 0. The topological polar surface area (TPSA) is 26.3 Å². The van der Waals surface area contributed by atoms with E-state index in [2.05, 4.69) is 159 Å². The van der Waals surface area contributed by atoms with Gasteiger partial charge in [0.15, 0.2) is 0 Å². The average molecular weight is 835 g/mol. The van der Waals surface area contributed by atoms with Crippen molar-refractivity contribution in [3.63, 3.8) is 0 Å². The average Bonchev–Trinajstić information content (AvgIpc) is 3.87. The zero-order chi connectivity index (χ0) is 43.0. The van der Waals surface area contributed by atoms with Crippen LogP contribution in [0.2, 0.25) is 0 Å². The molecule has 9 aromatic carbocycles. The molecule has 2 heteroatoms. The van der Waals surface area contributed by atoms with Crippen molar-refractivity contribution in [2.24, 2.45) is 0 Å². The highest BCUT2D eigenvalue weighted by atomic mass is 16.3. The van der Waals surface area contributed by atoms with E-state index in [0.717, 1.165) is 79.0 Å². The lowest BCUT2D eigenvalue weighted by molar-refractivity contribution is 0.607. The molecule has 2 nitrogen and oxygen atoms in total. The molecule has 0 radical (unpaired) electrons. The van der Waals surface area contributed by atoms with Gasteiger partial charge >= 0.3 is 0 Å². The fraction of sp³-hybridized carbons (Fsp3) is 0.258. The van der Waals surface area contributed by atoms with Gasteiger partial charge in [-0.05, 0) is 140 Å². The third kappa shape index (κ3) is 7.61. The van der Waals surface area contributed by atoms with E-state index in [0.29, 0.717) is 0 Å². The van der Waals surface area contributed by atoms with E-state index in [1.807, 2.05) is 0 Å². The summed E-state index contributed by atoms with van der Waals surface area (Å²) in [5.41, 5.74) is 10.9. The van der Waals surface area contributed by atoms with Crippen LogP contribution in [-0.2, 0) is 12.8 Å². The molecule has 64 heavy (non-hydrogen) atoms. The summed E-state index contributed by atoms with van der Waals surface area (Å²) in [5.74, 6) is 0. The smallest absolute Gasteiger partial charge is 0.144 e. The molecule has 2 heterocycles. The molecule has 0 N–H and O–H groups in total. The van der Waals surface area contributed by atoms with Crippen molar-refractivity contribution in [2.75, 3.05) is 0 Å². The molecule has 0 spiro atoms. The van der Waals surface area contributed by atoms with E-state index in [1.165, 1.54) is 131 Å². The number of fused-ring (bicyclic) bond motifs is 10. The summed E-state index contributed by atoms with van der Waals surface area (Å²) >= 11 is 0. The number of benzene rings is 9. The maximum atomic E-state index is 7.31. The Morgan fingerprint density at radius 2 is 0.672 bits per heavy atom. The zero-order valence-corrected chi connectivity index (χ0v) is 37.6. The van der Waals surface area contributed by atoms with Crippen LogP contribution in [0.4, 0.5) is 0 Å². The van der Waals surface area contributed by atoms with Crippen LogP contribution in [-0.4, -0.2) is 0 Å². The molecule has 0 amide bonds. The van der Waals surface area contributed by atoms with Crippen LogP contribution < -0.4 is 0 Å². The first-order chi connectivity index (χ1) is 31.6. The minimum atomic E-state index is 0.897. The molecule has 0 atom stereocenters. The van der Waals surface area contributed by atoms with Crippen molar-refractivity contribution in [3.05, 3.63) is 157 Å². The normalized spacial score (nSPS) is 12.2. The van der Waals surface area contributed by atoms with Gasteiger partial charge < -0.3 is 8.83 Å². The molecular formula is C62H58O2. The summed E-state index contributed by atoms with van der Waals surface area (Å²) in [5, 5.41) is 14.2. The Balaban J connectivity index is 1.15. The van der Waals surface area contributed by atoms with Crippen LogP contribution >= 0.6 is 0 Å². The van der Waals surface area contributed by atoms with Gasteiger partial charge in [0.1, 0.15) is 22.3 Å². The van der Waals surface area contributed by atoms with Crippen molar-refractivity contribution in [3.8, 4) is 22.3 Å². The van der Waals surface area contributed by atoms with Crippen LogP contribution in [0.3, 0.4) is 0 Å². The minimum Gasteiger partial charge on any atom is -0.455 e. The molecule has 0 saturated heterocycles. The lowest BCUT2D eigenvalue weighted by Gasteiger charge is -2.13. The number of rotatable bonds is 16. The number of furan rings is 2. The molecule has 0 saturated carbocycles. The van der Waals surface area contributed by atoms with Gasteiger partial charge in [0.2, 0.25) is 0 Å². The van der Waals surface area contributed by atoms with Crippen LogP contribution in [0, 0.1) is 0 Å². The predicted molar refractivity (Wildman–Crippen MR) is 276 cm³/mol. The number of hydrogen-bond donors (Lipinski definition) is 0.